The van der Waals surface area contributed by atoms with Crippen LogP contribution >= 0.6 is 27.5 Å². The summed E-state index contributed by atoms with van der Waals surface area (Å²) in [6.45, 7) is 0.288. The minimum absolute atomic E-state index is 0.00908. The van der Waals surface area contributed by atoms with Gasteiger partial charge in [-0.2, -0.15) is 13.2 Å². The summed E-state index contributed by atoms with van der Waals surface area (Å²) in [4.78, 5) is 10.4. The Morgan fingerprint density at radius 2 is 1.89 bits per heavy atom. The molecule has 0 spiro atoms. The summed E-state index contributed by atoms with van der Waals surface area (Å²) >= 11 is 9.79. The van der Waals surface area contributed by atoms with Crippen molar-refractivity contribution in [2.24, 2.45) is 4.99 Å². The number of alkyl halides is 3. The first-order chi connectivity index (χ1) is 17.3. The molecule has 5 rings (SSSR count). The molecule has 1 atom stereocenters. The van der Waals surface area contributed by atoms with E-state index >= 15 is 0 Å². The smallest absolute Gasteiger partial charge is 0.416 e. The number of nitrogens with one attached hydrogen (secondary N) is 1. The molecule has 184 valence electrons. The highest BCUT2D eigenvalue weighted by Gasteiger charge is 2.31. The largest absolute Gasteiger partial charge is 0.437 e. The molecule has 36 heavy (non-hydrogen) atoms. The minimum atomic E-state index is -4.51. The van der Waals surface area contributed by atoms with E-state index in [-0.39, 0.29) is 24.3 Å². The Kier molecular flexibility index (Phi) is 6.83. The molecule has 0 radical (unpaired) electrons. The van der Waals surface area contributed by atoms with E-state index in [0.29, 0.717) is 33.7 Å². The molecule has 0 saturated carbocycles. The van der Waals surface area contributed by atoms with Crippen LogP contribution in [-0.2, 0) is 17.4 Å². The topological polar surface area (TPSA) is 68.6 Å². The van der Waals surface area contributed by atoms with Crippen molar-refractivity contribution < 1.29 is 22.7 Å². The van der Waals surface area contributed by atoms with Crippen LogP contribution < -0.4 is 10.2 Å². The predicted octanol–water partition coefficient (Wildman–Crippen LogP) is 6.75. The number of benzene rings is 3. The van der Waals surface area contributed by atoms with Gasteiger partial charge >= 0.3 is 6.18 Å². The second-order valence-electron chi connectivity index (χ2n) is 8.01. The van der Waals surface area contributed by atoms with Crippen LogP contribution in [0, 0.1) is 0 Å². The summed E-state index contributed by atoms with van der Waals surface area (Å²) in [6, 6.07) is 17.1. The van der Waals surface area contributed by atoms with Crippen LogP contribution in [0.15, 0.2) is 76.2 Å². The van der Waals surface area contributed by atoms with Crippen LogP contribution in [0.4, 0.5) is 13.2 Å². The zero-order valence-electron chi connectivity index (χ0n) is 18.4. The molecule has 0 amide bonds. The van der Waals surface area contributed by atoms with Gasteiger partial charge < -0.3 is 4.74 Å². The Morgan fingerprint density at radius 1 is 1.06 bits per heavy atom. The maximum Gasteiger partial charge on any atom is 0.416 e. The van der Waals surface area contributed by atoms with E-state index in [1.807, 2.05) is 24.3 Å². The van der Waals surface area contributed by atoms with Gasteiger partial charge in [0.05, 0.1) is 29.3 Å². The second-order valence-corrected chi connectivity index (χ2v) is 9.33. The normalized spacial score (nSPS) is 15.9. The number of aromatic nitrogens is 2. The highest BCUT2D eigenvalue weighted by Crippen LogP contribution is 2.34. The first kappa shape index (κ1) is 24.5. The van der Waals surface area contributed by atoms with E-state index in [2.05, 4.69) is 31.6 Å². The Labute approximate surface area is 217 Å². The van der Waals surface area contributed by atoms with Gasteiger partial charge in [-0.05, 0) is 48.4 Å². The van der Waals surface area contributed by atoms with Crippen LogP contribution in [0.5, 0.6) is 11.6 Å². The standard InChI is InChI=1S/C25H17BrClF3N4O2/c26-16-9-8-14(20(27)12-16)10-17-13-35-34-23(31-17)22-19-6-1-2-7-21(19)32-33-24(22)36-18-5-3-4-15(11-18)25(28,29)30/h1-9,11-12,17H,10,13H2,(H,31,34)/t17-/m1/s1. The van der Waals surface area contributed by atoms with Crippen LogP contribution in [0.25, 0.3) is 10.9 Å². The maximum absolute atomic E-state index is 13.2. The summed E-state index contributed by atoms with van der Waals surface area (Å²) in [5, 5.41) is 9.56. The molecular weight excluding hydrogens is 561 g/mol. The third-order valence-electron chi connectivity index (χ3n) is 5.48. The van der Waals surface area contributed by atoms with Crippen molar-refractivity contribution >= 4 is 44.3 Å². The summed E-state index contributed by atoms with van der Waals surface area (Å²) in [5.41, 5.74) is 3.86. The van der Waals surface area contributed by atoms with Crippen molar-refractivity contribution in [1.82, 2.24) is 15.7 Å². The van der Waals surface area contributed by atoms with E-state index in [9.17, 15) is 13.2 Å². The predicted molar refractivity (Wildman–Crippen MR) is 133 cm³/mol. The van der Waals surface area contributed by atoms with Gasteiger partial charge in [-0.15, -0.1) is 10.2 Å². The van der Waals surface area contributed by atoms with Crippen molar-refractivity contribution in [3.63, 3.8) is 0 Å². The van der Waals surface area contributed by atoms with Crippen molar-refractivity contribution in [3.8, 4) is 11.6 Å². The molecule has 3 aromatic carbocycles. The van der Waals surface area contributed by atoms with E-state index in [0.717, 1.165) is 22.2 Å². The van der Waals surface area contributed by atoms with Crippen LogP contribution in [0.1, 0.15) is 16.7 Å². The molecule has 1 aromatic heterocycles. The number of amidine groups is 1. The van der Waals surface area contributed by atoms with Crippen molar-refractivity contribution in [3.05, 3.63) is 92.9 Å². The van der Waals surface area contributed by atoms with E-state index in [4.69, 9.17) is 26.2 Å². The lowest BCUT2D eigenvalue weighted by atomic mass is 10.1. The van der Waals surface area contributed by atoms with E-state index in [1.54, 1.807) is 18.2 Å². The molecule has 1 N–H and O–H groups in total. The van der Waals surface area contributed by atoms with Gasteiger partial charge in [0.25, 0.3) is 5.88 Å². The zero-order chi connectivity index (χ0) is 25.3. The lowest BCUT2D eigenvalue weighted by Gasteiger charge is -2.23. The highest BCUT2D eigenvalue weighted by atomic mass is 79.9. The Hall–Kier alpha value is -3.21. The average molecular weight is 578 g/mol. The number of aliphatic imine (C=N–C) groups is 1. The fraction of sp³-hybridized carbons (Fsp3) is 0.160. The molecule has 1 aliphatic rings. The summed E-state index contributed by atoms with van der Waals surface area (Å²) in [7, 11) is 0. The monoisotopic (exact) mass is 576 g/mol. The van der Waals surface area contributed by atoms with Crippen LogP contribution in [0.3, 0.4) is 0 Å². The van der Waals surface area contributed by atoms with Crippen molar-refractivity contribution in [1.29, 1.82) is 0 Å². The van der Waals surface area contributed by atoms with E-state index < -0.39 is 11.7 Å². The molecule has 11 heteroatoms. The van der Waals surface area contributed by atoms with Gasteiger partial charge in [-0.1, -0.05) is 57.9 Å². The number of hydrogen-bond acceptors (Lipinski definition) is 6. The van der Waals surface area contributed by atoms with Gasteiger partial charge in [0.1, 0.15) is 5.75 Å². The van der Waals surface area contributed by atoms with Gasteiger partial charge in [-0.3, -0.25) is 9.83 Å². The van der Waals surface area contributed by atoms with E-state index in [1.165, 1.54) is 12.1 Å². The number of halogens is 5. The third-order valence-corrected chi connectivity index (χ3v) is 6.32. The van der Waals surface area contributed by atoms with Crippen LogP contribution in [-0.4, -0.2) is 28.7 Å². The molecule has 6 nitrogen and oxygen atoms in total. The quantitative estimate of drug-likeness (QED) is 0.284. The molecule has 1 aliphatic heterocycles. The second kappa shape index (κ2) is 10.0. The first-order valence-corrected chi connectivity index (χ1v) is 12.0. The molecular formula is C25H17BrClF3N4O2. The van der Waals surface area contributed by atoms with Crippen molar-refractivity contribution in [2.75, 3.05) is 6.61 Å². The maximum atomic E-state index is 13.2. The lowest BCUT2D eigenvalue weighted by Crippen LogP contribution is -2.37. The number of hydroxylamine groups is 1. The average Bonchev–Trinajstić information content (AvgIpc) is 2.85. The number of ether oxygens (including phenoxy) is 1. The molecule has 0 saturated heterocycles. The van der Waals surface area contributed by atoms with Gasteiger partial charge in [0.2, 0.25) is 0 Å². The summed E-state index contributed by atoms with van der Waals surface area (Å²) in [6.07, 6.45) is -4.00. The molecule has 2 heterocycles. The molecule has 4 aromatic rings. The minimum Gasteiger partial charge on any atom is -0.437 e. The lowest BCUT2D eigenvalue weighted by molar-refractivity contribution is -0.137. The van der Waals surface area contributed by atoms with Crippen molar-refractivity contribution in [2.45, 2.75) is 18.6 Å². The Morgan fingerprint density at radius 3 is 2.69 bits per heavy atom. The van der Waals surface area contributed by atoms with Gasteiger partial charge in [0, 0.05) is 14.9 Å². The molecule has 0 bridgehead atoms. The molecule has 0 aliphatic carbocycles. The summed E-state index contributed by atoms with van der Waals surface area (Å²) in [5.74, 6) is 0.281. The number of fused-ring (bicyclic) bond motifs is 1. The molecule has 0 unspecified atom stereocenters. The Bertz CT molecular complexity index is 1470. The fourth-order valence-electron chi connectivity index (χ4n) is 3.80. The first-order valence-electron chi connectivity index (χ1n) is 10.8. The Balaban J connectivity index is 1.54. The highest BCUT2D eigenvalue weighted by molar-refractivity contribution is 9.10. The van der Waals surface area contributed by atoms with Gasteiger partial charge in [-0.25, -0.2) is 5.48 Å². The fourth-order valence-corrected chi connectivity index (χ4v) is 4.55. The summed E-state index contributed by atoms with van der Waals surface area (Å²) < 4.78 is 46.3. The number of hydrogen-bond donors (Lipinski definition) is 1. The SMILES string of the molecule is FC(F)(F)c1cccc(Oc2nnc3ccccc3c2C2=N[C@H](Cc3ccc(Br)cc3Cl)CON2)c1. The van der Waals surface area contributed by atoms with Gasteiger partial charge in [0.15, 0.2) is 5.84 Å². The van der Waals surface area contributed by atoms with Crippen LogP contribution in [0.2, 0.25) is 5.02 Å². The molecule has 0 fully saturated rings. The number of rotatable bonds is 5. The third kappa shape index (κ3) is 5.30. The zero-order valence-corrected chi connectivity index (χ0v) is 20.7. The number of nitrogens with zero attached hydrogens (tertiary/aromatic N) is 3.